The van der Waals surface area contributed by atoms with Crippen LogP contribution in [0.5, 0.6) is 0 Å². The van der Waals surface area contributed by atoms with Crippen molar-refractivity contribution in [2.45, 2.75) is 388 Å². The lowest BCUT2D eigenvalue weighted by Crippen LogP contribution is -2.66. The lowest BCUT2D eigenvalue weighted by molar-refractivity contribution is -0.379. The number of allylic oxidation sites excluding steroid dienone is 17. The van der Waals surface area contributed by atoms with Gasteiger partial charge >= 0.3 is 0 Å². The Bertz CT molecular complexity index is 2290. The molecule has 19 nitrogen and oxygen atoms in total. The summed E-state index contributed by atoms with van der Waals surface area (Å²) in [6.45, 7) is 1.61. The van der Waals surface area contributed by atoms with Crippen molar-refractivity contribution in [1.82, 2.24) is 5.32 Å². The molecule has 17 unspecified atom stereocenters. The molecule has 3 saturated heterocycles. The molecule has 0 aromatic rings. The molecule has 0 aromatic heterocycles. The smallest absolute Gasteiger partial charge is 0.220 e. The molecule has 1 amide bonds. The monoisotopic (exact) mass is 1460 g/mol. The molecule has 3 aliphatic heterocycles. The molecule has 0 radical (unpaired) electrons. The Morgan fingerprint density at radius 2 is 0.680 bits per heavy atom. The summed E-state index contributed by atoms with van der Waals surface area (Å²) in [7, 11) is 0. The molecule has 0 spiro atoms. The van der Waals surface area contributed by atoms with E-state index in [0.717, 1.165) is 96.3 Å². The number of hydrogen-bond acceptors (Lipinski definition) is 18. The van der Waals surface area contributed by atoms with Crippen LogP contribution in [0.15, 0.2) is 109 Å². The van der Waals surface area contributed by atoms with Gasteiger partial charge in [-0.25, -0.2) is 0 Å². The molecule has 3 heterocycles. The third kappa shape index (κ3) is 43.3. The van der Waals surface area contributed by atoms with Crippen molar-refractivity contribution in [1.29, 1.82) is 0 Å². The summed E-state index contributed by atoms with van der Waals surface area (Å²) >= 11 is 0. The Hall–Kier alpha value is -3.55. The van der Waals surface area contributed by atoms with Crippen LogP contribution in [0.25, 0.3) is 0 Å². The van der Waals surface area contributed by atoms with Crippen molar-refractivity contribution in [3.63, 3.8) is 0 Å². The van der Waals surface area contributed by atoms with Crippen molar-refractivity contribution >= 4 is 5.91 Å². The van der Waals surface area contributed by atoms with Gasteiger partial charge in [-0.2, -0.15) is 0 Å². The molecule has 0 aromatic carbocycles. The highest BCUT2D eigenvalue weighted by Gasteiger charge is 2.54. The lowest BCUT2D eigenvalue weighted by atomic mass is 9.96. The van der Waals surface area contributed by atoms with E-state index in [-0.39, 0.29) is 18.9 Å². The summed E-state index contributed by atoms with van der Waals surface area (Å²) in [6, 6.07) is -1.01. The molecule has 12 N–H and O–H groups in total. The number of aliphatic hydroxyl groups is 11. The molecular formula is C84H145NO18. The topological polar surface area (TPSA) is 307 Å². The van der Waals surface area contributed by atoms with Crippen LogP contribution >= 0.6 is 0 Å². The summed E-state index contributed by atoms with van der Waals surface area (Å²) in [5.74, 6) is -0.297. The minimum absolute atomic E-state index is 0.220. The maximum Gasteiger partial charge on any atom is 0.220 e. The zero-order chi connectivity index (χ0) is 74.6. The first kappa shape index (κ1) is 93.7. The maximum absolute atomic E-state index is 13.5. The predicted molar refractivity (Wildman–Crippen MR) is 410 cm³/mol. The summed E-state index contributed by atoms with van der Waals surface area (Å²) in [6.07, 6.45) is 60.7. The van der Waals surface area contributed by atoms with E-state index < -0.39 is 124 Å². The third-order valence-corrected chi connectivity index (χ3v) is 19.5. The van der Waals surface area contributed by atoms with Gasteiger partial charge in [-0.05, 0) is 96.3 Å². The lowest BCUT2D eigenvalue weighted by Gasteiger charge is -2.48. The highest BCUT2D eigenvalue weighted by molar-refractivity contribution is 5.76. The molecule has 0 saturated carbocycles. The SMILES string of the molecule is CC/C=C\C/C=C\C/C=C\C/C=C\C/C=C\C/C=C\CCCCCCCCCCCCC(=O)NC(COC1OC(CO)C(OC2OC(CO)C(OC3OC(CO)C(O)C(O)C3O)C(O)C2O)C(O)C1O)C(O)/C=C/CC/C=C/CC/C=C/CCCCCCCCCCCCCCCCCCCCC. The third-order valence-electron chi connectivity index (χ3n) is 19.5. The van der Waals surface area contributed by atoms with Crippen LogP contribution in [0.2, 0.25) is 0 Å². The quantitative estimate of drug-likeness (QED) is 0.0199. The zero-order valence-corrected chi connectivity index (χ0v) is 63.5. The largest absolute Gasteiger partial charge is 0.394 e. The molecule has 17 atom stereocenters. The van der Waals surface area contributed by atoms with Gasteiger partial charge in [0.15, 0.2) is 18.9 Å². The van der Waals surface area contributed by atoms with Gasteiger partial charge in [0.05, 0.1) is 38.6 Å². The van der Waals surface area contributed by atoms with Gasteiger partial charge in [-0.3, -0.25) is 4.79 Å². The zero-order valence-electron chi connectivity index (χ0n) is 63.5. The first-order valence-electron chi connectivity index (χ1n) is 40.6. The van der Waals surface area contributed by atoms with E-state index in [1.165, 1.54) is 154 Å². The van der Waals surface area contributed by atoms with E-state index >= 15 is 0 Å². The van der Waals surface area contributed by atoms with Crippen molar-refractivity contribution in [2.75, 3.05) is 26.4 Å². The van der Waals surface area contributed by atoms with Gasteiger partial charge < -0.3 is 89.9 Å². The Labute approximate surface area is 621 Å². The Balaban J connectivity index is 1.40. The first-order chi connectivity index (χ1) is 50.3. The standard InChI is InChI=1S/C84H145NO18/c1-3-5-7-9-11-13-15-17-19-21-23-25-27-29-31-33-35-37-39-41-43-45-47-49-51-53-55-57-59-61-68(89)67(85-72(90)62-60-58-56-54-52-50-48-46-44-42-40-38-36-34-32-30-28-26-24-22-20-18-16-14-12-10-8-6-4-2)66-98-82-78(96)75(93)80(70(64-87)100-82)103-84-79(97)76(94)81(71(65-88)101-84)102-83-77(95)74(92)73(91)69(63-86)99-83/h6,8,12,14,18,20,24,26,30,32,36,38,43,45,51,53,59,61,67-71,73-84,86-89,91-97H,3-5,7,9-11,13,15-17,19,21-23,25,27-29,31,33-35,37,39-42,44,46-50,52,54-58,60,62-66H2,1-2H3,(H,85,90)/b8-6-,14-12-,20-18-,26-24-,32-30-,38-36-,45-43+,53-51+,61-59+. The van der Waals surface area contributed by atoms with Crippen LogP contribution in [0, 0.1) is 0 Å². The van der Waals surface area contributed by atoms with E-state index in [1.54, 1.807) is 6.08 Å². The Morgan fingerprint density at radius 1 is 0.359 bits per heavy atom. The van der Waals surface area contributed by atoms with Crippen molar-refractivity contribution in [3.05, 3.63) is 109 Å². The second-order valence-electron chi connectivity index (χ2n) is 28.5. The molecule has 103 heavy (non-hydrogen) atoms. The van der Waals surface area contributed by atoms with Crippen LogP contribution in [0.3, 0.4) is 0 Å². The minimum Gasteiger partial charge on any atom is -0.394 e. The van der Waals surface area contributed by atoms with Crippen LogP contribution in [0.4, 0.5) is 0 Å². The fourth-order valence-electron chi connectivity index (χ4n) is 13.1. The number of rotatable bonds is 63. The molecule has 594 valence electrons. The summed E-state index contributed by atoms with van der Waals surface area (Å²) in [5, 5.41) is 121. The average molecular weight is 1460 g/mol. The second-order valence-corrected chi connectivity index (χ2v) is 28.5. The van der Waals surface area contributed by atoms with E-state index in [1.807, 2.05) is 6.08 Å². The number of carbonyl (C=O) groups excluding carboxylic acids is 1. The van der Waals surface area contributed by atoms with Crippen molar-refractivity contribution in [2.24, 2.45) is 0 Å². The highest BCUT2D eigenvalue weighted by Crippen LogP contribution is 2.33. The van der Waals surface area contributed by atoms with Gasteiger partial charge in [-0.1, -0.05) is 290 Å². The Kier molecular flexibility index (Phi) is 57.6. The van der Waals surface area contributed by atoms with E-state index in [4.69, 9.17) is 28.4 Å². The van der Waals surface area contributed by atoms with E-state index in [9.17, 15) is 61.0 Å². The van der Waals surface area contributed by atoms with Gasteiger partial charge in [-0.15, -0.1) is 0 Å². The molecule has 3 aliphatic rings. The van der Waals surface area contributed by atoms with Crippen LogP contribution in [-0.2, 0) is 33.2 Å². The number of hydrogen-bond donors (Lipinski definition) is 12. The normalized spacial score (nSPS) is 26.6. The molecule has 19 heteroatoms. The van der Waals surface area contributed by atoms with Crippen LogP contribution in [0.1, 0.15) is 284 Å². The number of aliphatic hydroxyl groups excluding tert-OH is 11. The first-order valence-corrected chi connectivity index (χ1v) is 40.6. The maximum atomic E-state index is 13.5. The molecule has 0 aliphatic carbocycles. The van der Waals surface area contributed by atoms with Crippen LogP contribution in [-0.4, -0.2) is 193 Å². The number of amides is 1. The van der Waals surface area contributed by atoms with Crippen molar-refractivity contribution in [3.8, 4) is 0 Å². The molecule has 0 bridgehead atoms. The number of ether oxygens (including phenoxy) is 6. The Morgan fingerprint density at radius 3 is 1.09 bits per heavy atom. The van der Waals surface area contributed by atoms with Gasteiger partial charge in [0.1, 0.15) is 73.2 Å². The minimum atomic E-state index is -1.99. The summed E-state index contributed by atoms with van der Waals surface area (Å²) in [4.78, 5) is 13.5. The predicted octanol–water partition coefficient (Wildman–Crippen LogP) is 13.7. The van der Waals surface area contributed by atoms with E-state index in [0.29, 0.717) is 12.8 Å². The number of nitrogens with one attached hydrogen (secondary N) is 1. The average Bonchev–Trinajstić information content (AvgIpc) is 0.781. The molecule has 3 rings (SSSR count). The van der Waals surface area contributed by atoms with Gasteiger partial charge in [0, 0.05) is 6.42 Å². The van der Waals surface area contributed by atoms with E-state index in [2.05, 4.69) is 116 Å². The fraction of sp³-hybridized carbons (Fsp3) is 0.774. The molecule has 3 fully saturated rings. The summed E-state index contributed by atoms with van der Waals surface area (Å²) < 4.78 is 34.4. The van der Waals surface area contributed by atoms with Crippen molar-refractivity contribution < 1.29 is 89.4 Å². The number of unbranched alkanes of at least 4 members (excludes halogenated alkanes) is 31. The van der Waals surface area contributed by atoms with Gasteiger partial charge in [0.25, 0.3) is 0 Å². The summed E-state index contributed by atoms with van der Waals surface area (Å²) in [5.41, 5.74) is 0. The molecular weight excluding hydrogens is 1310 g/mol. The highest BCUT2D eigenvalue weighted by atomic mass is 16.8. The fourth-order valence-corrected chi connectivity index (χ4v) is 13.1. The van der Waals surface area contributed by atoms with Gasteiger partial charge in [0.2, 0.25) is 5.91 Å². The number of carbonyl (C=O) groups is 1. The second kappa shape index (κ2) is 63.4. The van der Waals surface area contributed by atoms with Crippen LogP contribution < -0.4 is 5.32 Å².